The lowest BCUT2D eigenvalue weighted by Crippen LogP contribution is -1.88. The van der Waals surface area contributed by atoms with Gasteiger partial charge in [-0.2, -0.15) is 0 Å². The van der Waals surface area contributed by atoms with Crippen LogP contribution in [0.2, 0.25) is 0 Å². The summed E-state index contributed by atoms with van der Waals surface area (Å²) in [6.07, 6.45) is 3.46. The summed E-state index contributed by atoms with van der Waals surface area (Å²) in [7, 11) is 0. The number of benzene rings is 1. The topological polar surface area (TPSA) is 20.2 Å². The van der Waals surface area contributed by atoms with Gasteiger partial charge in [-0.1, -0.05) is 28.1 Å². The van der Waals surface area contributed by atoms with Crippen LogP contribution in [0.4, 0.5) is 0 Å². The molecule has 1 unspecified atom stereocenters. The van der Waals surface area contributed by atoms with E-state index < -0.39 is 0 Å². The van der Waals surface area contributed by atoms with E-state index in [0.29, 0.717) is 5.92 Å². The van der Waals surface area contributed by atoms with Crippen LogP contribution in [-0.4, -0.2) is 5.11 Å². The summed E-state index contributed by atoms with van der Waals surface area (Å²) < 4.78 is 0.995. The van der Waals surface area contributed by atoms with E-state index in [-0.39, 0.29) is 6.61 Å². The molecule has 1 N–H and O–H groups in total. The first-order valence-electron chi connectivity index (χ1n) is 4.04. The van der Waals surface area contributed by atoms with Crippen molar-refractivity contribution in [1.82, 2.24) is 0 Å². The lowest BCUT2D eigenvalue weighted by molar-refractivity contribution is 0.281. The predicted octanol–water partition coefficient (Wildman–Crippen LogP) is 2.63. The number of hydrogen-bond acceptors (Lipinski definition) is 1. The van der Waals surface area contributed by atoms with Crippen LogP contribution < -0.4 is 0 Å². The molecule has 0 bridgehead atoms. The van der Waals surface area contributed by atoms with Crippen molar-refractivity contribution < 1.29 is 5.11 Å². The zero-order valence-corrected chi connectivity index (χ0v) is 8.21. The Balaban J connectivity index is 2.33. The summed E-state index contributed by atoms with van der Waals surface area (Å²) in [6.45, 7) is 0.112. The van der Waals surface area contributed by atoms with Gasteiger partial charge in [0.1, 0.15) is 0 Å². The smallest absolute Gasteiger partial charge is 0.0692 e. The van der Waals surface area contributed by atoms with Gasteiger partial charge < -0.3 is 5.11 Å². The molecule has 0 amide bonds. The van der Waals surface area contributed by atoms with E-state index in [4.69, 9.17) is 5.11 Å². The highest BCUT2D eigenvalue weighted by Crippen LogP contribution is 2.39. The fraction of sp³-hybridized carbons (Fsp3) is 0.300. The molecule has 1 aromatic rings. The Labute approximate surface area is 80.5 Å². The number of rotatable bonds is 2. The van der Waals surface area contributed by atoms with Gasteiger partial charge in [0.2, 0.25) is 0 Å². The van der Waals surface area contributed by atoms with E-state index in [1.165, 1.54) is 12.0 Å². The Bertz CT molecular complexity index is 292. The lowest BCUT2D eigenvalue weighted by Gasteiger charge is -2.03. The first kappa shape index (κ1) is 8.27. The molecule has 1 atom stereocenters. The van der Waals surface area contributed by atoms with Crippen molar-refractivity contribution in [2.75, 3.05) is 0 Å². The molecule has 0 aromatic heterocycles. The van der Waals surface area contributed by atoms with E-state index in [2.05, 4.69) is 34.5 Å². The summed E-state index contributed by atoms with van der Waals surface area (Å²) in [6, 6.07) is 6.18. The van der Waals surface area contributed by atoms with Crippen molar-refractivity contribution in [3.63, 3.8) is 0 Å². The minimum atomic E-state index is 0.112. The summed E-state index contributed by atoms with van der Waals surface area (Å²) in [5, 5.41) is 9.00. The summed E-state index contributed by atoms with van der Waals surface area (Å²) in [5.41, 5.74) is 2.30. The van der Waals surface area contributed by atoms with Crippen LogP contribution in [0.25, 0.3) is 0 Å². The van der Waals surface area contributed by atoms with Crippen LogP contribution in [-0.2, 0) is 6.61 Å². The molecule has 2 rings (SSSR count). The highest BCUT2D eigenvalue weighted by molar-refractivity contribution is 9.10. The summed E-state index contributed by atoms with van der Waals surface area (Å²) in [4.78, 5) is 0. The van der Waals surface area contributed by atoms with Crippen LogP contribution in [0.1, 0.15) is 23.5 Å². The third-order valence-corrected chi connectivity index (χ3v) is 2.91. The van der Waals surface area contributed by atoms with Crippen LogP contribution in [0.15, 0.2) is 22.7 Å². The fourth-order valence-electron chi connectivity index (χ4n) is 1.29. The van der Waals surface area contributed by atoms with Gasteiger partial charge in [-0.25, -0.2) is 0 Å². The second-order valence-electron chi connectivity index (χ2n) is 3.09. The van der Waals surface area contributed by atoms with Crippen molar-refractivity contribution in [3.05, 3.63) is 40.2 Å². The van der Waals surface area contributed by atoms with Crippen molar-refractivity contribution >= 4 is 15.9 Å². The van der Waals surface area contributed by atoms with Crippen molar-refractivity contribution in [3.8, 4) is 0 Å². The molecular weight excluding hydrogens is 216 g/mol. The van der Waals surface area contributed by atoms with Crippen molar-refractivity contribution in [1.29, 1.82) is 0 Å². The van der Waals surface area contributed by atoms with Crippen LogP contribution in [0.3, 0.4) is 0 Å². The van der Waals surface area contributed by atoms with E-state index in [0.717, 1.165) is 10.0 Å². The molecule has 63 valence electrons. The molecule has 0 saturated heterocycles. The van der Waals surface area contributed by atoms with Crippen LogP contribution in [0, 0.1) is 6.42 Å². The maximum atomic E-state index is 9.00. The highest BCUT2D eigenvalue weighted by Gasteiger charge is 2.24. The average molecular weight is 226 g/mol. The number of halogens is 1. The largest absolute Gasteiger partial charge is 0.392 e. The first-order valence-corrected chi connectivity index (χ1v) is 4.83. The molecule has 1 nitrogen and oxygen atoms in total. The molecule has 1 aliphatic carbocycles. The lowest BCUT2D eigenvalue weighted by atomic mass is 10.1. The van der Waals surface area contributed by atoms with Gasteiger partial charge in [0, 0.05) is 4.47 Å². The molecule has 0 aliphatic heterocycles. The van der Waals surface area contributed by atoms with Crippen molar-refractivity contribution in [2.24, 2.45) is 0 Å². The molecular formula is C10H10BrO. The Hall–Kier alpha value is -0.340. The molecule has 2 heteroatoms. The predicted molar refractivity (Wildman–Crippen MR) is 51.7 cm³/mol. The SMILES string of the molecule is OCc1cc(C2[CH]C2)ccc1Br. The van der Waals surface area contributed by atoms with Crippen LogP contribution in [0.5, 0.6) is 0 Å². The molecule has 1 aliphatic rings. The summed E-state index contributed by atoms with van der Waals surface area (Å²) >= 11 is 3.39. The zero-order valence-electron chi connectivity index (χ0n) is 6.63. The standard InChI is InChI=1S/C10H10BrO/c11-10-4-3-8(7-1-2-7)5-9(10)6-12/h1,3-5,7,12H,2,6H2. The Morgan fingerprint density at radius 1 is 1.50 bits per heavy atom. The third kappa shape index (κ3) is 1.54. The van der Waals surface area contributed by atoms with E-state index >= 15 is 0 Å². The van der Waals surface area contributed by atoms with Gasteiger partial charge in [0.15, 0.2) is 0 Å². The van der Waals surface area contributed by atoms with E-state index in [1.807, 2.05) is 6.07 Å². The van der Waals surface area contributed by atoms with Crippen LogP contribution >= 0.6 is 15.9 Å². The van der Waals surface area contributed by atoms with Gasteiger partial charge in [0.05, 0.1) is 6.61 Å². The summed E-state index contributed by atoms with van der Waals surface area (Å²) in [5.74, 6) is 0.642. The van der Waals surface area contributed by atoms with Gasteiger partial charge in [-0.15, -0.1) is 0 Å². The molecule has 12 heavy (non-hydrogen) atoms. The minimum absolute atomic E-state index is 0.112. The first-order chi connectivity index (χ1) is 5.81. The quantitative estimate of drug-likeness (QED) is 0.821. The average Bonchev–Trinajstić information content (AvgIpc) is 2.88. The molecule has 1 fully saturated rings. The highest BCUT2D eigenvalue weighted by atomic mass is 79.9. The molecule has 1 aromatic carbocycles. The fourth-order valence-corrected chi connectivity index (χ4v) is 1.66. The number of aliphatic hydroxyl groups excluding tert-OH is 1. The van der Waals surface area contributed by atoms with Gasteiger partial charge in [0.25, 0.3) is 0 Å². The molecule has 1 radical (unpaired) electrons. The zero-order chi connectivity index (χ0) is 8.55. The molecule has 0 heterocycles. The maximum absolute atomic E-state index is 9.00. The van der Waals surface area contributed by atoms with Crippen molar-refractivity contribution in [2.45, 2.75) is 18.9 Å². The Morgan fingerprint density at radius 2 is 2.25 bits per heavy atom. The van der Waals surface area contributed by atoms with Gasteiger partial charge in [-0.3, -0.25) is 0 Å². The molecule has 1 saturated carbocycles. The number of aliphatic hydroxyl groups is 1. The Kier molecular flexibility index (Phi) is 2.20. The Morgan fingerprint density at radius 3 is 2.83 bits per heavy atom. The normalized spacial score (nSPS) is 16.5. The monoisotopic (exact) mass is 225 g/mol. The number of hydrogen-bond donors (Lipinski definition) is 1. The van der Waals surface area contributed by atoms with E-state index in [9.17, 15) is 0 Å². The van der Waals surface area contributed by atoms with E-state index in [1.54, 1.807) is 0 Å². The molecule has 0 spiro atoms. The second-order valence-corrected chi connectivity index (χ2v) is 3.94. The minimum Gasteiger partial charge on any atom is -0.392 e. The third-order valence-electron chi connectivity index (χ3n) is 2.14. The second kappa shape index (κ2) is 3.19. The van der Waals surface area contributed by atoms with Gasteiger partial charge in [-0.05, 0) is 36.0 Å². The van der Waals surface area contributed by atoms with Gasteiger partial charge >= 0.3 is 0 Å². The maximum Gasteiger partial charge on any atom is 0.0692 e.